The number of rotatable bonds is 3. The first kappa shape index (κ1) is 13.6. The van der Waals surface area contributed by atoms with Gasteiger partial charge in [-0.05, 0) is 63.2 Å². The van der Waals surface area contributed by atoms with Gasteiger partial charge >= 0.3 is 0 Å². The second-order valence-corrected chi connectivity index (χ2v) is 6.86. The van der Waals surface area contributed by atoms with Crippen molar-refractivity contribution in [1.82, 2.24) is 5.32 Å². The molecule has 0 aromatic carbocycles. The zero-order chi connectivity index (χ0) is 13.3. The van der Waals surface area contributed by atoms with Crippen molar-refractivity contribution in [3.05, 3.63) is 11.6 Å². The molecule has 2 aliphatic carbocycles. The summed E-state index contributed by atoms with van der Waals surface area (Å²) in [6, 6.07) is 0. The highest BCUT2D eigenvalue weighted by molar-refractivity contribution is 5.48. The maximum atomic E-state index is 10.9. The summed E-state index contributed by atoms with van der Waals surface area (Å²) in [6.07, 6.45) is 8.19. The average Bonchev–Trinajstić information content (AvgIpc) is 2.28. The fourth-order valence-corrected chi connectivity index (χ4v) is 4.20. The van der Waals surface area contributed by atoms with E-state index >= 15 is 0 Å². The Balaban J connectivity index is 2.29. The van der Waals surface area contributed by atoms with Crippen molar-refractivity contribution in [1.29, 1.82) is 0 Å². The zero-order valence-electron chi connectivity index (χ0n) is 12.2. The van der Waals surface area contributed by atoms with Crippen molar-refractivity contribution in [3.63, 3.8) is 0 Å². The van der Waals surface area contributed by atoms with Crippen LogP contribution in [0.3, 0.4) is 0 Å². The molecule has 0 heterocycles. The maximum Gasteiger partial charge on any atom is 0.207 e. The lowest BCUT2D eigenvalue weighted by molar-refractivity contribution is -0.113. The lowest BCUT2D eigenvalue weighted by atomic mass is 9.57. The second-order valence-electron chi connectivity index (χ2n) is 6.86. The van der Waals surface area contributed by atoms with E-state index in [-0.39, 0.29) is 5.54 Å². The van der Waals surface area contributed by atoms with Gasteiger partial charge in [0, 0.05) is 5.54 Å². The molecule has 0 aromatic heterocycles. The van der Waals surface area contributed by atoms with E-state index in [1.165, 1.54) is 24.8 Å². The van der Waals surface area contributed by atoms with Crippen LogP contribution in [0.25, 0.3) is 0 Å². The van der Waals surface area contributed by atoms with Gasteiger partial charge in [-0.25, -0.2) is 0 Å². The Morgan fingerprint density at radius 1 is 1.44 bits per heavy atom. The molecule has 1 amide bonds. The van der Waals surface area contributed by atoms with E-state index in [9.17, 15) is 4.79 Å². The van der Waals surface area contributed by atoms with Gasteiger partial charge in [0.15, 0.2) is 0 Å². The predicted molar refractivity (Wildman–Crippen MR) is 75.1 cm³/mol. The third-order valence-corrected chi connectivity index (χ3v) is 5.35. The summed E-state index contributed by atoms with van der Waals surface area (Å²) >= 11 is 0. The topological polar surface area (TPSA) is 29.1 Å². The molecule has 102 valence electrons. The number of hydrogen-bond donors (Lipinski definition) is 1. The van der Waals surface area contributed by atoms with Crippen molar-refractivity contribution in [3.8, 4) is 0 Å². The van der Waals surface area contributed by atoms with Crippen molar-refractivity contribution < 1.29 is 4.79 Å². The van der Waals surface area contributed by atoms with Crippen molar-refractivity contribution in [2.24, 2.45) is 23.7 Å². The Bertz CT molecular complexity index is 347. The number of carbonyl (C=O) groups excluding carboxylic acids is 1. The molecule has 2 heteroatoms. The molecule has 18 heavy (non-hydrogen) atoms. The van der Waals surface area contributed by atoms with E-state index < -0.39 is 0 Å². The number of carbonyl (C=O) groups is 1. The number of nitrogens with one attached hydrogen (secondary N) is 1. The molecule has 2 aliphatic rings. The monoisotopic (exact) mass is 249 g/mol. The highest BCUT2D eigenvalue weighted by Gasteiger charge is 2.46. The maximum absolute atomic E-state index is 10.9. The standard InChI is InChI=1S/C16H27NO/c1-11(2)13-7-8-16(4,17-10-18)15-6-5-12(3)9-14(13)15/h9-11,13-15H,5-8H2,1-4H3,(H,17,18)/t13-,14+,15+,16-/m1/s1. The van der Waals surface area contributed by atoms with E-state index in [2.05, 4.69) is 39.1 Å². The van der Waals surface area contributed by atoms with Crippen molar-refractivity contribution in [2.75, 3.05) is 0 Å². The Morgan fingerprint density at radius 3 is 2.78 bits per heavy atom. The van der Waals surface area contributed by atoms with Gasteiger partial charge in [-0.2, -0.15) is 0 Å². The Morgan fingerprint density at radius 2 is 2.17 bits per heavy atom. The molecule has 4 atom stereocenters. The number of fused-ring (bicyclic) bond motifs is 1. The minimum Gasteiger partial charge on any atom is -0.353 e. The molecule has 0 radical (unpaired) electrons. The number of allylic oxidation sites excluding steroid dienone is 2. The third-order valence-electron chi connectivity index (χ3n) is 5.35. The summed E-state index contributed by atoms with van der Waals surface area (Å²) in [5.74, 6) is 2.80. The van der Waals surface area contributed by atoms with E-state index in [1.54, 1.807) is 0 Å². The highest BCUT2D eigenvalue weighted by Crippen LogP contribution is 2.49. The summed E-state index contributed by atoms with van der Waals surface area (Å²) in [5.41, 5.74) is 1.55. The first-order valence-electron chi connectivity index (χ1n) is 7.36. The van der Waals surface area contributed by atoms with E-state index in [1.807, 2.05) is 0 Å². The SMILES string of the molecule is CC1=C[C@H]2[C@@H](C(C)C)CC[C@@](C)(NC=O)[C@H]2CC1. The van der Waals surface area contributed by atoms with Gasteiger partial charge in [0.1, 0.15) is 0 Å². The minimum atomic E-state index is 0.00894. The lowest BCUT2D eigenvalue weighted by Crippen LogP contribution is -2.56. The fraction of sp³-hybridized carbons (Fsp3) is 0.812. The molecule has 2 rings (SSSR count). The van der Waals surface area contributed by atoms with Gasteiger partial charge in [-0.1, -0.05) is 25.5 Å². The minimum absolute atomic E-state index is 0.00894. The van der Waals surface area contributed by atoms with Crippen molar-refractivity contribution >= 4 is 6.41 Å². The summed E-state index contributed by atoms with van der Waals surface area (Å²) in [4.78, 5) is 10.9. The fourth-order valence-electron chi connectivity index (χ4n) is 4.20. The van der Waals surface area contributed by atoms with Gasteiger partial charge < -0.3 is 5.32 Å². The molecule has 0 bridgehead atoms. The van der Waals surface area contributed by atoms with Gasteiger partial charge in [-0.3, -0.25) is 4.79 Å². The molecule has 0 unspecified atom stereocenters. The van der Waals surface area contributed by atoms with Crippen LogP contribution in [0.15, 0.2) is 11.6 Å². The molecule has 1 saturated carbocycles. The predicted octanol–water partition coefficient (Wildman–Crippen LogP) is 3.53. The molecule has 2 nitrogen and oxygen atoms in total. The molecule has 0 saturated heterocycles. The molecule has 1 fully saturated rings. The molecular weight excluding hydrogens is 222 g/mol. The van der Waals surface area contributed by atoms with Crippen LogP contribution in [-0.2, 0) is 4.79 Å². The van der Waals surface area contributed by atoms with E-state index in [4.69, 9.17) is 0 Å². The quantitative estimate of drug-likeness (QED) is 0.601. The summed E-state index contributed by atoms with van der Waals surface area (Å²) in [7, 11) is 0. The molecule has 0 aromatic rings. The molecular formula is C16H27NO. The van der Waals surface area contributed by atoms with Gasteiger partial charge in [0.2, 0.25) is 6.41 Å². The number of amides is 1. The Kier molecular flexibility index (Phi) is 3.84. The zero-order valence-corrected chi connectivity index (χ0v) is 12.2. The lowest BCUT2D eigenvalue weighted by Gasteiger charge is -2.51. The summed E-state index contributed by atoms with van der Waals surface area (Å²) in [5, 5.41) is 3.12. The van der Waals surface area contributed by atoms with Crippen LogP contribution in [0.4, 0.5) is 0 Å². The summed E-state index contributed by atoms with van der Waals surface area (Å²) in [6.45, 7) is 9.18. The van der Waals surface area contributed by atoms with Crippen LogP contribution in [0, 0.1) is 23.7 Å². The van der Waals surface area contributed by atoms with Crippen LogP contribution >= 0.6 is 0 Å². The Labute approximate surface area is 111 Å². The van der Waals surface area contributed by atoms with Crippen molar-refractivity contribution in [2.45, 2.75) is 58.9 Å². The molecule has 0 aliphatic heterocycles. The van der Waals surface area contributed by atoms with Crippen LogP contribution in [0.5, 0.6) is 0 Å². The van der Waals surface area contributed by atoms with Gasteiger partial charge in [-0.15, -0.1) is 0 Å². The second kappa shape index (κ2) is 5.07. The first-order valence-corrected chi connectivity index (χ1v) is 7.36. The van der Waals surface area contributed by atoms with Gasteiger partial charge in [0.25, 0.3) is 0 Å². The van der Waals surface area contributed by atoms with Crippen LogP contribution < -0.4 is 5.32 Å². The van der Waals surface area contributed by atoms with Crippen LogP contribution in [0.1, 0.15) is 53.4 Å². The summed E-state index contributed by atoms with van der Waals surface area (Å²) < 4.78 is 0. The van der Waals surface area contributed by atoms with E-state index in [0.717, 1.165) is 24.7 Å². The smallest absolute Gasteiger partial charge is 0.207 e. The van der Waals surface area contributed by atoms with Crippen LogP contribution in [0.2, 0.25) is 0 Å². The van der Waals surface area contributed by atoms with Crippen LogP contribution in [-0.4, -0.2) is 11.9 Å². The van der Waals surface area contributed by atoms with Gasteiger partial charge in [0.05, 0.1) is 0 Å². The van der Waals surface area contributed by atoms with E-state index in [0.29, 0.717) is 11.8 Å². The largest absolute Gasteiger partial charge is 0.353 e. The third kappa shape index (κ3) is 2.34. The normalized spacial score (nSPS) is 40.1. The Hall–Kier alpha value is -0.790. The average molecular weight is 249 g/mol. The first-order chi connectivity index (χ1) is 8.48. The number of hydrogen-bond acceptors (Lipinski definition) is 1. The molecule has 0 spiro atoms. The molecule has 1 N–H and O–H groups in total. The highest BCUT2D eigenvalue weighted by atomic mass is 16.1.